The fraction of sp³-hybridized carbons (Fsp3) is 0.333. The van der Waals surface area contributed by atoms with E-state index in [1.165, 1.54) is 16.7 Å². The lowest BCUT2D eigenvalue weighted by Gasteiger charge is -2.40. The summed E-state index contributed by atoms with van der Waals surface area (Å²) in [6.45, 7) is 1.05. The molecule has 2 aromatic rings. The number of phenols is 1. The molecule has 0 amide bonds. The van der Waals surface area contributed by atoms with Gasteiger partial charge in [0.15, 0.2) is 11.5 Å². The molecule has 0 spiro atoms. The summed E-state index contributed by atoms with van der Waals surface area (Å²) in [5.74, 6) is 0.868. The normalized spacial score (nSPS) is 19.8. The molecule has 1 aliphatic carbocycles. The Labute approximate surface area is 124 Å². The van der Waals surface area contributed by atoms with E-state index >= 15 is 0 Å². The molecule has 0 saturated carbocycles. The molecule has 3 heteroatoms. The van der Waals surface area contributed by atoms with Crippen molar-refractivity contribution >= 4 is 0 Å². The zero-order valence-electron chi connectivity index (χ0n) is 12.4. The van der Waals surface area contributed by atoms with Gasteiger partial charge in [-0.2, -0.15) is 0 Å². The molecule has 3 nitrogen and oxygen atoms in total. The molecule has 0 saturated heterocycles. The van der Waals surface area contributed by atoms with Crippen molar-refractivity contribution in [3.8, 4) is 22.6 Å². The maximum absolute atomic E-state index is 10.7. The number of fused-ring (bicyclic) bond motifs is 2. The summed E-state index contributed by atoms with van der Waals surface area (Å²) in [7, 11) is 3.79. The fourth-order valence-electron chi connectivity index (χ4n) is 3.81. The van der Waals surface area contributed by atoms with Crippen molar-refractivity contribution < 1.29 is 9.84 Å². The van der Waals surface area contributed by atoms with Gasteiger partial charge in [0.05, 0.1) is 7.11 Å². The highest BCUT2D eigenvalue weighted by atomic mass is 16.5. The Bertz CT molecular complexity index is 723. The van der Waals surface area contributed by atoms with E-state index in [9.17, 15) is 5.11 Å². The molecule has 1 aliphatic heterocycles. The summed E-state index contributed by atoms with van der Waals surface area (Å²) in [4.78, 5) is 2.40. The van der Waals surface area contributed by atoms with Gasteiger partial charge in [0.1, 0.15) is 0 Å². The highest BCUT2D eigenvalue weighted by molar-refractivity contribution is 5.83. The van der Waals surface area contributed by atoms with Crippen molar-refractivity contribution in [1.29, 1.82) is 0 Å². The minimum absolute atomic E-state index is 0.281. The van der Waals surface area contributed by atoms with Crippen LogP contribution >= 0.6 is 0 Å². The molecule has 2 aromatic carbocycles. The lowest BCUT2D eigenvalue weighted by molar-refractivity contribution is 0.227. The van der Waals surface area contributed by atoms with Crippen LogP contribution in [0.4, 0.5) is 0 Å². The molecule has 1 N–H and O–H groups in total. The van der Waals surface area contributed by atoms with Gasteiger partial charge in [-0.3, -0.25) is 4.90 Å². The van der Waals surface area contributed by atoms with Gasteiger partial charge in [-0.25, -0.2) is 0 Å². The van der Waals surface area contributed by atoms with Gasteiger partial charge < -0.3 is 9.84 Å². The smallest absolute Gasteiger partial charge is 0.166 e. The third-order valence-corrected chi connectivity index (χ3v) is 4.91. The zero-order valence-corrected chi connectivity index (χ0v) is 12.4. The maximum atomic E-state index is 10.7. The van der Waals surface area contributed by atoms with Crippen molar-refractivity contribution in [2.75, 3.05) is 20.7 Å². The van der Waals surface area contributed by atoms with Crippen molar-refractivity contribution in [2.24, 2.45) is 0 Å². The van der Waals surface area contributed by atoms with Crippen molar-refractivity contribution in [2.45, 2.75) is 18.9 Å². The Hall–Kier alpha value is -2.00. The van der Waals surface area contributed by atoms with Crippen LogP contribution in [0.1, 0.15) is 22.7 Å². The molecular formula is C18H19NO2. The molecule has 2 aliphatic rings. The van der Waals surface area contributed by atoms with Gasteiger partial charge in [-0.05, 0) is 48.2 Å². The van der Waals surface area contributed by atoms with Crippen molar-refractivity contribution in [3.05, 3.63) is 47.0 Å². The largest absolute Gasteiger partial charge is 0.504 e. The molecule has 1 atom stereocenters. The highest BCUT2D eigenvalue weighted by Gasteiger charge is 2.35. The summed E-state index contributed by atoms with van der Waals surface area (Å²) < 4.78 is 5.39. The first-order chi connectivity index (χ1) is 10.2. The van der Waals surface area contributed by atoms with Gasteiger partial charge in [-0.1, -0.05) is 24.3 Å². The van der Waals surface area contributed by atoms with E-state index < -0.39 is 0 Å². The van der Waals surface area contributed by atoms with E-state index in [2.05, 4.69) is 30.1 Å². The molecule has 21 heavy (non-hydrogen) atoms. The Morgan fingerprint density at radius 2 is 2.05 bits per heavy atom. The predicted octanol–water partition coefficient (Wildman–Crippen LogP) is 3.15. The number of aromatic hydroxyl groups is 1. The minimum atomic E-state index is 0.281. The van der Waals surface area contributed by atoms with E-state index in [1.807, 2.05) is 12.1 Å². The molecular weight excluding hydrogens is 262 g/mol. The first kappa shape index (κ1) is 12.7. The Morgan fingerprint density at radius 3 is 2.86 bits per heavy atom. The topological polar surface area (TPSA) is 32.7 Å². The van der Waals surface area contributed by atoms with Crippen molar-refractivity contribution in [1.82, 2.24) is 4.90 Å². The summed E-state index contributed by atoms with van der Waals surface area (Å²) in [5, 5.41) is 10.7. The van der Waals surface area contributed by atoms with Crippen LogP contribution in [0, 0.1) is 0 Å². The Morgan fingerprint density at radius 1 is 1.24 bits per heavy atom. The lowest BCUT2D eigenvalue weighted by Crippen LogP contribution is -2.35. The van der Waals surface area contributed by atoms with Gasteiger partial charge in [0, 0.05) is 18.2 Å². The number of phenolic OH excluding ortho intramolecular Hbond substituents is 1. The van der Waals surface area contributed by atoms with E-state index in [0.29, 0.717) is 11.8 Å². The maximum Gasteiger partial charge on any atom is 0.166 e. The fourth-order valence-corrected chi connectivity index (χ4v) is 3.81. The molecule has 0 bridgehead atoms. The van der Waals surface area contributed by atoms with Gasteiger partial charge in [0.25, 0.3) is 0 Å². The SMILES string of the molecule is COc1cc2c3c(c1O)-c1ccccc1C[C@@H]3N(C)CC2. The van der Waals surface area contributed by atoms with Crippen molar-refractivity contribution in [3.63, 3.8) is 0 Å². The number of ether oxygens (including phenoxy) is 1. The minimum Gasteiger partial charge on any atom is -0.504 e. The van der Waals surface area contributed by atoms with Gasteiger partial charge in [-0.15, -0.1) is 0 Å². The Balaban J connectivity index is 2.08. The predicted molar refractivity (Wildman–Crippen MR) is 82.9 cm³/mol. The van der Waals surface area contributed by atoms with Crippen LogP contribution in [-0.4, -0.2) is 30.7 Å². The van der Waals surface area contributed by atoms with Crippen LogP contribution < -0.4 is 4.74 Å². The third kappa shape index (κ3) is 1.70. The molecule has 108 valence electrons. The second kappa shape index (κ2) is 4.50. The first-order valence-corrected chi connectivity index (χ1v) is 7.42. The molecule has 1 heterocycles. The third-order valence-electron chi connectivity index (χ3n) is 4.91. The summed E-state index contributed by atoms with van der Waals surface area (Å²) >= 11 is 0. The number of hydrogen-bond donors (Lipinski definition) is 1. The Kier molecular flexibility index (Phi) is 2.73. The quantitative estimate of drug-likeness (QED) is 0.871. The monoisotopic (exact) mass is 281 g/mol. The first-order valence-electron chi connectivity index (χ1n) is 7.42. The number of rotatable bonds is 1. The average molecular weight is 281 g/mol. The van der Waals surface area contributed by atoms with Crippen LogP contribution in [0.15, 0.2) is 30.3 Å². The molecule has 4 rings (SSSR count). The molecule has 0 aromatic heterocycles. The van der Waals surface area contributed by atoms with E-state index in [-0.39, 0.29) is 5.75 Å². The standard InChI is InChI=1S/C18H19NO2/c1-19-8-7-12-10-15(21-2)18(20)17-13-6-4-3-5-11(13)9-14(19)16(12)17/h3-6,10,14,20H,7-9H2,1-2H3/t14-/m0/s1. The summed E-state index contributed by atoms with van der Waals surface area (Å²) in [6.07, 6.45) is 2.02. The number of methoxy groups -OCH3 is 1. The van der Waals surface area contributed by atoms with E-state index in [0.717, 1.165) is 30.5 Å². The second-order valence-electron chi connectivity index (χ2n) is 5.98. The molecule has 0 unspecified atom stereocenters. The lowest BCUT2D eigenvalue weighted by atomic mass is 9.76. The highest BCUT2D eigenvalue weighted by Crippen LogP contribution is 2.51. The summed E-state index contributed by atoms with van der Waals surface area (Å²) in [6, 6.07) is 10.8. The van der Waals surface area contributed by atoms with Gasteiger partial charge in [0.2, 0.25) is 0 Å². The molecule has 0 fully saturated rings. The zero-order chi connectivity index (χ0) is 14.6. The van der Waals surface area contributed by atoms with Crippen LogP contribution in [0.2, 0.25) is 0 Å². The van der Waals surface area contributed by atoms with Crippen LogP contribution in [-0.2, 0) is 12.8 Å². The van der Waals surface area contributed by atoms with Crippen LogP contribution in [0.25, 0.3) is 11.1 Å². The second-order valence-corrected chi connectivity index (χ2v) is 5.98. The average Bonchev–Trinajstić information content (AvgIpc) is 2.52. The van der Waals surface area contributed by atoms with Crippen LogP contribution in [0.3, 0.4) is 0 Å². The van der Waals surface area contributed by atoms with Crippen LogP contribution in [0.5, 0.6) is 11.5 Å². The number of nitrogens with zero attached hydrogens (tertiary/aromatic N) is 1. The number of hydrogen-bond acceptors (Lipinski definition) is 3. The number of benzene rings is 2. The van der Waals surface area contributed by atoms with Gasteiger partial charge >= 0.3 is 0 Å². The van der Waals surface area contributed by atoms with E-state index in [4.69, 9.17) is 4.74 Å². The van der Waals surface area contributed by atoms with E-state index in [1.54, 1.807) is 7.11 Å². The molecule has 0 radical (unpaired) electrons. The number of likely N-dealkylation sites (N-methyl/N-ethyl adjacent to an activating group) is 1. The summed E-state index contributed by atoms with van der Waals surface area (Å²) in [5.41, 5.74) is 6.04.